The van der Waals surface area contributed by atoms with Gasteiger partial charge in [-0.3, -0.25) is 0 Å². The van der Waals surface area contributed by atoms with Gasteiger partial charge in [0, 0.05) is 6.42 Å². The van der Waals surface area contributed by atoms with Gasteiger partial charge in [0.15, 0.2) is 5.76 Å². The highest BCUT2D eigenvalue weighted by Gasteiger charge is 2.23. The molecule has 0 aromatic rings. The third-order valence-electron chi connectivity index (χ3n) is 2.41. The molecule has 0 aliphatic heterocycles. The second kappa shape index (κ2) is 8.48. The third kappa shape index (κ3) is 6.64. The number of nitrogens with two attached hydrogens (primary N) is 1. The first-order valence-corrected chi connectivity index (χ1v) is 6.45. The van der Waals surface area contributed by atoms with E-state index in [0.29, 0.717) is 0 Å². The number of allylic oxidation sites excluding steroid dienone is 3. The Morgan fingerprint density at radius 1 is 1.35 bits per heavy atom. The molecule has 4 heteroatoms. The van der Waals surface area contributed by atoms with Crippen molar-refractivity contribution in [2.24, 2.45) is 11.1 Å². The zero-order chi connectivity index (χ0) is 13.3. The molecule has 0 atom stereocenters. The number of rotatable bonds is 4. The van der Waals surface area contributed by atoms with Gasteiger partial charge < -0.3 is 15.2 Å². The third-order valence-corrected chi connectivity index (χ3v) is 2.72. The summed E-state index contributed by atoms with van der Waals surface area (Å²) in [5, 5.41) is 0. The number of hydrogen-bond acceptors (Lipinski definition) is 4. The molecule has 0 fully saturated rings. The fourth-order valence-corrected chi connectivity index (χ4v) is 1.58. The van der Waals surface area contributed by atoms with E-state index in [-0.39, 0.29) is 5.41 Å². The smallest absolute Gasteiger partial charge is 0.156 e. The minimum atomic E-state index is 0.188. The highest BCUT2D eigenvalue weighted by Crippen LogP contribution is 2.33. The zero-order valence-corrected chi connectivity index (χ0v) is 12.2. The van der Waals surface area contributed by atoms with E-state index in [1.165, 1.54) is 0 Å². The van der Waals surface area contributed by atoms with Crippen molar-refractivity contribution < 1.29 is 9.47 Å². The SMILES string of the molecule is COC1=C(OC)CC(C)(C)C=C1.NCCCS. The summed E-state index contributed by atoms with van der Waals surface area (Å²) in [6, 6.07) is 0. The molecule has 1 aliphatic carbocycles. The van der Waals surface area contributed by atoms with Crippen LogP contribution in [0.5, 0.6) is 0 Å². The normalized spacial score (nSPS) is 17.3. The maximum atomic E-state index is 5.23. The van der Waals surface area contributed by atoms with E-state index in [2.05, 4.69) is 32.6 Å². The molecule has 0 saturated carbocycles. The number of ether oxygens (including phenoxy) is 2. The molecular formula is C13H25NO2S. The van der Waals surface area contributed by atoms with Gasteiger partial charge in [-0.2, -0.15) is 12.6 Å². The summed E-state index contributed by atoms with van der Waals surface area (Å²) in [6.45, 7) is 5.12. The lowest BCUT2D eigenvalue weighted by Crippen LogP contribution is -2.15. The number of methoxy groups -OCH3 is 2. The van der Waals surface area contributed by atoms with Crippen LogP contribution in [0.3, 0.4) is 0 Å². The Kier molecular flexibility index (Phi) is 8.17. The summed E-state index contributed by atoms with van der Waals surface area (Å²) < 4.78 is 10.4. The van der Waals surface area contributed by atoms with E-state index in [9.17, 15) is 0 Å². The van der Waals surface area contributed by atoms with Crippen molar-refractivity contribution in [1.82, 2.24) is 0 Å². The highest BCUT2D eigenvalue weighted by atomic mass is 32.1. The standard InChI is InChI=1S/C10H16O2.C3H9NS/c1-10(2)6-5-8(11-3)9(7-10)12-4;4-2-1-3-5/h5-6H,7H2,1-4H3;5H,1-4H2. The largest absolute Gasteiger partial charge is 0.497 e. The Bertz CT molecular complexity index is 271. The molecule has 0 spiro atoms. The molecule has 0 unspecified atom stereocenters. The number of hydrogen-bond donors (Lipinski definition) is 2. The Hall–Kier alpha value is -0.610. The second-order valence-electron chi connectivity index (χ2n) is 4.56. The predicted molar refractivity (Wildman–Crippen MR) is 76.1 cm³/mol. The molecule has 0 aromatic heterocycles. The highest BCUT2D eigenvalue weighted by molar-refractivity contribution is 7.80. The van der Waals surface area contributed by atoms with E-state index in [0.717, 1.165) is 36.7 Å². The van der Waals surface area contributed by atoms with Gasteiger partial charge in [0.05, 0.1) is 14.2 Å². The molecular weight excluding hydrogens is 234 g/mol. The molecule has 2 N–H and O–H groups in total. The van der Waals surface area contributed by atoms with E-state index >= 15 is 0 Å². The lowest BCUT2D eigenvalue weighted by molar-refractivity contribution is 0.196. The summed E-state index contributed by atoms with van der Waals surface area (Å²) >= 11 is 3.92. The quantitative estimate of drug-likeness (QED) is 0.763. The van der Waals surface area contributed by atoms with Gasteiger partial charge in [0.2, 0.25) is 0 Å². The second-order valence-corrected chi connectivity index (χ2v) is 5.01. The van der Waals surface area contributed by atoms with E-state index in [1.54, 1.807) is 14.2 Å². The van der Waals surface area contributed by atoms with Crippen molar-refractivity contribution in [2.45, 2.75) is 26.7 Å². The van der Waals surface area contributed by atoms with Gasteiger partial charge in [0.25, 0.3) is 0 Å². The van der Waals surface area contributed by atoms with Crippen molar-refractivity contribution in [3.63, 3.8) is 0 Å². The summed E-state index contributed by atoms with van der Waals surface area (Å²) in [5.41, 5.74) is 5.28. The van der Waals surface area contributed by atoms with Crippen LogP contribution in [-0.2, 0) is 9.47 Å². The molecule has 17 heavy (non-hydrogen) atoms. The van der Waals surface area contributed by atoms with Gasteiger partial charge in [-0.05, 0) is 30.2 Å². The molecule has 3 nitrogen and oxygen atoms in total. The summed E-state index contributed by atoms with van der Waals surface area (Å²) in [7, 11) is 3.35. The molecule has 100 valence electrons. The molecule has 0 amide bonds. The summed E-state index contributed by atoms with van der Waals surface area (Å²) in [5.74, 6) is 2.69. The first-order valence-electron chi connectivity index (χ1n) is 5.82. The molecule has 0 bridgehead atoms. The Labute approximate surface area is 110 Å². The minimum absolute atomic E-state index is 0.188. The Balaban J connectivity index is 0.000000437. The lowest BCUT2D eigenvalue weighted by Gasteiger charge is -2.26. The van der Waals surface area contributed by atoms with Gasteiger partial charge in [-0.25, -0.2) is 0 Å². The van der Waals surface area contributed by atoms with Crippen molar-refractivity contribution in [3.05, 3.63) is 23.7 Å². The van der Waals surface area contributed by atoms with Crippen molar-refractivity contribution in [3.8, 4) is 0 Å². The van der Waals surface area contributed by atoms with Crippen LogP contribution in [0.15, 0.2) is 23.7 Å². The Morgan fingerprint density at radius 3 is 2.35 bits per heavy atom. The van der Waals surface area contributed by atoms with Crippen molar-refractivity contribution >= 4 is 12.6 Å². The first-order chi connectivity index (χ1) is 8.00. The molecule has 0 radical (unpaired) electrons. The van der Waals surface area contributed by atoms with Crippen LogP contribution < -0.4 is 5.73 Å². The fraction of sp³-hybridized carbons (Fsp3) is 0.692. The van der Waals surface area contributed by atoms with Crippen LogP contribution in [0.4, 0.5) is 0 Å². The van der Waals surface area contributed by atoms with E-state index < -0.39 is 0 Å². The monoisotopic (exact) mass is 259 g/mol. The maximum Gasteiger partial charge on any atom is 0.156 e. The fourth-order valence-electron chi connectivity index (χ4n) is 1.40. The predicted octanol–water partition coefficient (Wildman–Crippen LogP) is 2.74. The maximum absolute atomic E-state index is 5.23. The average Bonchev–Trinajstić information content (AvgIpc) is 2.30. The van der Waals surface area contributed by atoms with Crippen LogP contribution in [0.2, 0.25) is 0 Å². The minimum Gasteiger partial charge on any atom is -0.497 e. The molecule has 0 saturated heterocycles. The zero-order valence-electron chi connectivity index (χ0n) is 11.3. The van der Waals surface area contributed by atoms with E-state index in [4.69, 9.17) is 15.2 Å². The lowest BCUT2D eigenvalue weighted by atomic mass is 9.85. The van der Waals surface area contributed by atoms with Gasteiger partial charge in [0.1, 0.15) is 5.76 Å². The van der Waals surface area contributed by atoms with Crippen LogP contribution in [0.1, 0.15) is 26.7 Å². The summed E-state index contributed by atoms with van der Waals surface area (Å²) in [4.78, 5) is 0. The topological polar surface area (TPSA) is 44.5 Å². The Morgan fingerprint density at radius 2 is 2.00 bits per heavy atom. The summed E-state index contributed by atoms with van der Waals surface area (Å²) in [6.07, 6.45) is 6.06. The average molecular weight is 259 g/mol. The van der Waals surface area contributed by atoms with Gasteiger partial charge >= 0.3 is 0 Å². The molecule has 0 heterocycles. The van der Waals surface area contributed by atoms with Gasteiger partial charge in [-0.15, -0.1) is 0 Å². The molecule has 0 aromatic carbocycles. The van der Waals surface area contributed by atoms with Crippen LogP contribution in [0, 0.1) is 5.41 Å². The van der Waals surface area contributed by atoms with Crippen LogP contribution >= 0.6 is 12.6 Å². The first kappa shape index (κ1) is 16.4. The molecule has 1 rings (SSSR count). The number of thiol groups is 1. The van der Waals surface area contributed by atoms with Gasteiger partial charge in [-0.1, -0.05) is 19.9 Å². The van der Waals surface area contributed by atoms with E-state index in [1.807, 2.05) is 6.08 Å². The molecule has 1 aliphatic rings. The van der Waals surface area contributed by atoms with Crippen LogP contribution in [-0.4, -0.2) is 26.5 Å². The van der Waals surface area contributed by atoms with Crippen LogP contribution in [0.25, 0.3) is 0 Å². The van der Waals surface area contributed by atoms with Crippen molar-refractivity contribution in [1.29, 1.82) is 0 Å². The van der Waals surface area contributed by atoms with Crippen molar-refractivity contribution in [2.75, 3.05) is 26.5 Å².